The Morgan fingerprint density at radius 2 is 1.30 bits per heavy atom. The quantitative estimate of drug-likeness (QED) is 0.482. The summed E-state index contributed by atoms with van der Waals surface area (Å²) in [6.07, 6.45) is 0. The third-order valence-corrected chi connectivity index (χ3v) is 4.77. The Morgan fingerprint density at radius 3 is 1.70 bits per heavy atom. The molecule has 0 unspecified atom stereocenters. The first-order valence-corrected chi connectivity index (χ1v) is 9.21. The van der Waals surface area contributed by atoms with E-state index in [1.165, 1.54) is 0 Å². The summed E-state index contributed by atoms with van der Waals surface area (Å²) in [6.45, 7) is 1.17. The number of pyridine rings is 1. The standard InChI is InChI=1S/C21H20BrFN2O2/c1-26-17-7-3-15(4-8-17)13-25(20-12-11-19(22)21(23)24-20)14-16-5-9-18(27-2)10-6-16/h3-12H,13-14H2,1-2H3. The number of aromatic nitrogens is 1. The van der Waals surface area contributed by atoms with Crippen LogP contribution in [0.3, 0.4) is 0 Å². The molecule has 2 aromatic carbocycles. The predicted molar refractivity (Wildman–Crippen MR) is 108 cm³/mol. The largest absolute Gasteiger partial charge is 0.497 e. The number of nitrogens with zero attached hydrogens (tertiary/aromatic N) is 2. The molecule has 1 heterocycles. The highest BCUT2D eigenvalue weighted by atomic mass is 79.9. The van der Waals surface area contributed by atoms with Gasteiger partial charge in [0.15, 0.2) is 0 Å². The topological polar surface area (TPSA) is 34.6 Å². The summed E-state index contributed by atoms with van der Waals surface area (Å²) in [4.78, 5) is 6.12. The average Bonchev–Trinajstić information content (AvgIpc) is 2.70. The zero-order valence-corrected chi connectivity index (χ0v) is 16.7. The van der Waals surface area contributed by atoms with Gasteiger partial charge in [0.1, 0.15) is 17.3 Å². The summed E-state index contributed by atoms with van der Waals surface area (Å²) in [6, 6.07) is 19.1. The average molecular weight is 431 g/mol. The van der Waals surface area contributed by atoms with Crippen molar-refractivity contribution in [2.75, 3.05) is 19.1 Å². The fourth-order valence-corrected chi connectivity index (χ4v) is 2.93. The summed E-state index contributed by atoms with van der Waals surface area (Å²) >= 11 is 3.16. The van der Waals surface area contributed by atoms with Crippen molar-refractivity contribution in [2.45, 2.75) is 13.1 Å². The van der Waals surface area contributed by atoms with Crippen LogP contribution in [0.2, 0.25) is 0 Å². The Labute approximate surface area is 166 Å². The first-order valence-electron chi connectivity index (χ1n) is 8.42. The minimum Gasteiger partial charge on any atom is -0.497 e. The maximum absolute atomic E-state index is 14.0. The Morgan fingerprint density at radius 1 is 0.815 bits per heavy atom. The lowest BCUT2D eigenvalue weighted by Gasteiger charge is -2.24. The van der Waals surface area contributed by atoms with E-state index < -0.39 is 5.95 Å². The summed E-state index contributed by atoms with van der Waals surface area (Å²) < 4.78 is 24.8. The van der Waals surface area contributed by atoms with Gasteiger partial charge in [0, 0.05) is 13.1 Å². The Balaban J connectivity index is 1.87. The van der Waals surface area contributed by atoms with E-state index >= 15 is 0 Å². The molecule has 1 aromatic heterocycles. The molecule has 0 aliphatic carbocycles. The number of anilines is 1. The zero-order valence-electron chi connectivity index (χ0n) is 15.2. The maximum Gasteiger partial charge on any atom is 0.229 e. The molecule has 0 saturated heterocycles. The van der Waals surface area contributed by atoms with Gasteiger partial charge in [-0.1, -0.05) is 24.3 Å². The molecule has 140 valence electrons. The van der Waals surface area contributed by atoms with Crippen molar-refractivity contribution in [3.63, 3.8) is 0 Å². The lowest BCUT2D eigenvalue weighted by Crippen LogP contribution is -2.23. The van der Waals surface area contributed by atoms with E-state index in [1.807, 2.05) is 53.4 Å². The summed E-state index contributed by atoms with van der Waals surface area (Å²) in [7, 11) is 3.28. The number of hydrogen-bond donors (Lipinski definition) is 0. The molecule has 3 aromatic rings. The van der Waals surface area contributed by atoms with Crippen LogP contribution in [0.15, 0.2) is 65.1 Å². The molecule has 4 nitrogen and oxygen atoms in total. The fourth-order valence-electron chi connectivity index (χ4n) is 2.70. The molecule has 0 bridgehead atoms. The van der Waals surface area contributed by atoms with E-state index in [0.29, 0.717) is 23.4 Å². The Hall–Kier alpha value is -2.60. The molecule has 6 heteroatoms. The molecule has 0 saturated carbocycles. The number of hydrogen-bond acceptors (Lipinski definition) is 4. The van der Waals surface area contributed by atoms with E-state index in [-0.39, 0.29) is 0 Å². The van der Waals surface area contributed by atoms with E-state index in [1.54, 1.807) is 26.4 Å². The monoisotopic (exact) mass is 430 g/mol. The molecule has 0 amide bonds. The molecule has 0 fully saturated rings. The molecule has 0 radical (unpaired) electrons. The van der Waals surface area contributed by atoms with Crippen LogP contribution in [0.1, 0.15) is 11.1 Å². The van der Waals surface area contributed by atoms with Crippen molar-refractivity contribution in [3.05, 3.63) is 82.2 Å². The van der Waals surface area contributed by atoms with Crippen LogP contribution in [0.25, 0.3) is 0 Å². The molecular weight excluding hydrogens is 411 g/mol. The minimum absolute atomic E-state index is 0.347. The van der Waals surface area contributed by atoms with Crippen LogP contribution < -0.4 is 14.4 Å². The fraction of sp³-hybridized carbons (Fsp3) is 0.190. The summed E-state index contributed by atoms with van der Waals surface area (Å²) in [5.74, 6) is 1.64. The first-order chi connectivity index (χ1) is 13.1. The van der Waals surface area contributed by atoms with Crippen molar-refractivity contribution < 1.29 is 13.9 Å². The molecular formula is C21H20BrFN2O2. The van der Waals surface area contributed by atoms with Crippen LogP contribution in [0.5, 0.6) is 11.5 Å². The van der Waals surface area contributed by atoms with E-state index in [4.69, 9.17) is 9.47 Å². The van der Waals surface area contributed by atoms with Gasteiger partial charge in [-0.05, 0) is 63.5 Å². The number of methoxy groups -OCH3 is 2. The molecule has 0 aliphatic heterocycles. The Kier molecular flexibility index (Phi) is 6.29. The first kappa shape index (κ1) is 19.2. The van der Waals surface area contributed by atoms with Crippen molar-refractivity contribution in [1.82, 2.24) is 4.98 Å². The lowest BCUT2D eigenvalue weighted by atomic mass is 10.1. The van der Waals surface area contributed by atoms with Crippen LogP contribution in [0.4, 0.5) is 10.2 Å². The second kappa shape index (κ2) is 8.86. The van der Waals surface area contributed by atoms with Gasteiger partial charge in [-0.25, -0.2) is 4.98 Å². The highest BCUT2D eigenvalue weighted by molar-refractivity contribution is 9.10. The zero-order chi connectivity index (χ0) is 19.2. The molecule has 0 spiro atoms. The summed E-state index contributed by atoms with van der Waals surface area (Å²) in [5, 5.41) is 0. The van der Waals surface area contributed by atoms with Gasteiger partial charge in [0.05, 0.1) is 18.7 Å². The van der Waals surface area contributed by atoms with Crippen molar-refractivity contribution in [1.29, 1.82) is 0 Å². The second-order valence-electron chi connectivity index (χ2n) is 5.99. The van der Waals surface area contributed by atoms with Crippen molar-refractivity contribution in [3.8, 4) is 11.5 Å². The lowest BCUT2D eigenvalue weighted by molar-refractivity contribution is 0.414. The Bertz CT molecular complexity index is 836. The minimum atomic E-state index is -0.526. The summed E-state index contributed by atoms with van der Waals surface area (Å²) in [5.41, 5.74) is 2.16. The normalized spacial score (nSPS) is 10.5. The SMILES string of the molecule is COc1ccc(CN(Cc2ccc(OC)cc2)c2ccc(Br)c(F)n2)cc1. The van der Waals surface area contributed by atoms with Gasteiger partial charge in [-0.15, -0.1) is 0 Å². The van der Waals surface area contributed by atoms with E-state index in [0.717, 1.165) is 22.6 Å². The molecule has 0 atom stereocenters. The third-order valence-electron chi connectivity index (χ3n) is 4.18. The van der Waals surface area contributed by atoms with Gasteiger partial charge in [0.25, 0.3) is 0 Å². The van der Waals surface area contributed by atoms with E-state index in [9.17, 15) is 4.39 Å². The maximum atomic E-state index is 14.0. The van der Waals surface area contributed by atoms with E-state index in [2.05, 4.69) is 20.9 Å². The van der Waals surface area contributed by atoms with Gasteiger partial charge in [-0.3, -0.25) is 0 Å². The van der Waals surface area contributed by atoms with Crippen molar-refractivity contribution in [2.24, 2.45) is 0 Å². The van der Waals surface area contributed by atoms with Gasteiger partial charge >= 0.3 is 0 Å². The van der Waals surface area contributed by atoms with Gasteiger partial charge < -0.3 is 14.4 Å². The predicted octanol–water partition coefficient (Wildman–Crippen LogP) is 5.21. The number of rotatable bonds is 7. The van der Waals surface area contributed by atoms with Crippen molar-refractivity contribution >= 4 is 21.7 Å². The smallest absolute Gasteiger partial charge is 0.229 e. The molecule has 0 aliphatic rings. The number of benzene rings is 2. The molecule has 0 N–H and O–H groups in total. The number of halogens is 2. The van der Waals surface area contributed by atoms with Crippen LogP contribution in [-0.2, 0) is 13.1 Å². The van der Waals surface area contributed by atoms with Crippen LogP contribution >= 0.6 is 15.9 Å². The van der Waals surface area contributed by atoms with Crippen LogP contribution in [0, 0.1) is 5.95 Å². The van der Waals surface area contributed by atoms with Gasteiger partial charge in [0.2, 0.25) is 5.95 Å². The van der Waals surface area contributed by atoms with Gasteiger partial charge in [-0.2, -0.15) is 4.39 Å². The highest BCUT2D eigenvalue weighted by Gasteiger charge is 2.13. The van der Waals surface area contributed by atoms with Crippen LogP contribution in [-0.4, -0.2) is 19.2 Å². The highest BCUT2D eigenvalue weighted by Crippen LogP contribution is 2.23. The molecule has 3 rings (SSSR count). The second-order valence-corrected chi connectivity index (χ2v) is 6.85. The molecule has 27 heavy (non-hydrogen) atoms. The number of ether oxygens (including phenoxy) is 2. The third kappa shape index (κ3) is 4.98.